The molecule has 0 aliphatic carbocycles. The molecule has 4 heteroatoms. The molecule has 1 aromatic rings. The number of benzene rings is 1. The summed E-state index contributed by atoms with van der Waals surface area (Å²) < 4.78 is 17.8. The normalized spacial score (nSPS) is 27.0. The monoisotopic (exact) mass is 267 g/mol. The van der Waals surface area contributed by atoms with Gasteiger partial charge in [0.15, 0.2) is 0 Å². The Morgan fingerprint density at radius 2 is 1.83 bits per heavy atom. The molecule has 1 saturated heterocycles. The molecule has 3 nitrogen and oxygen atoms in total. The molecule has 0 radical (unpaired) electrons. The van der Waals surface area contributed by atoms with Crippen LogP contribution in [0.5, 0.6) is 0 Å². The largest absolute Gasteiger partial charge is 0.373 e. The molecule has 3 atom stereocenters. The van der Waals surface area contributed by atoms with Gasteiger partial charge in [-0.1, -0.05) is 18.2 Å². The van der Waals surface area contributed by atoms with E-state index in [1.54, 1.807) is 0 Å². The van der Waals surface area contributed by atoms with Crippen LogP contribution in [0.1, 0.15) is 13.8 Å². The van der Waals surface area contributed by atoms with Crippen molar-refractivity contribution in [3.05, 3.63) is 30.3 Å². The molecule has 1 aliphatic rings. The average Bonchev–Trinajstić information content (AvgIpc) is 2.36. The molecular formula is C14H21NO2S. The topological polar surface area (TPSA) is 29.5 Å². The van der Waals surface area contributed by atoms with E-state index in [1.807, 2.05) is 30.3 Å². The highest BCUT2D eigenvalue weighted by Gasteiger charge is 2.22. The van der Waals surface area contributed by atoms with Crippen molar-refractivity contribution in [3.63, 3.8) is 0 Å². The van der Waals surface area contributed by atoms with Gasteiger partial charge in [0.2, 0.25) is 0 Å². The number of rotatable bonds is 4. The van der Waals surface area contributed by atoms with Gasteiger partial charge in [0.25, 0.3) is 0 Å². The SMILES string of the molecule is C[C@@H]1CN(CC[S@@](=O)c2ccccc2)C[C@H](C)O1. The average molecular weight is 267 g/mol. The van der Waals surface area contributed by atoms with Crippen LogP contribution in [0.25, 0.3) is 0 Å². The van der Waals surface area contributed by atoms with Crippen LogP contribution in [0, 0.1) is 0 Å². The van der Waals surface area contributed by atoms with Gasteiger partial charge in [-0.2, -0.15) is 0 Å². The van der Waals surface area contributed by atoms with Crippen LogP contribution >= 0.6 is 0 Å². The lowest BCUT2D eigenvalue weighted by Crippen LogP contribution is -2.46. The van der Waals surface area contributed by atoms with Gasteiger partial charge < -0.3 is 4.74 Å². The molecule has 1 aliphatic heterocycles. The second kappa shape index (κ2) is 6.45. The van der Waals surface area contributed by atoms with Gasteiger partial charge in [0.05, 0.1) is 23.0 Å². The lowest BCUT2D eigenvalue weighted by molar-refractivity contribution is -0.0661. The third kappa shape index (κ3) is 3.90. The molecule has 1 fully saturated rings. The van der Waals surface area contributed by atoms with Crippen molar-refractivity contribution in [2.45, 2.75) is 31.0 Å². The summed E-state index contributed by atoms with van der Waals surface area (Å²) in [7, 11) is -0.890. The van der Waals surface area contributed by atoms with E-state index in [1.165, 1.54) is 0 Å². The first-order valence-electron chi connectivity index (χ1n) is 6.46. The van der Waals surface area contributed by atoms with E-state index in [0.717, 1.165) is 24.5 Å². The molecule has 100 valence electrons. The zero-order chi connectivity index (χ0) is 13.0. The fraction of sp³-hybridized carbons (Fsp3) is 0.571. The van der Waals surface area contributed by atoms with Crippen molar-refractivity contribution >= 4 is 10.8 Å². The molecule has 0 amide bonds. The minimum Gasteiger partial charge on any atom is -0.373 e. The highest BCUT2D eigenvalue weighted by atomic mass is 32.2. The van der Waals surface area contributed by atoms with Gasteiger partial charge in [0, 0.05) is 30.3 Å². The maximum Gasteiger partial charge on any atom is 0.0678 e. The van der Waals surface area contributed by atoms with Crippen molar-refractivity contribution in [3.8, 4) is 0 Å². The number of hydrogen-bond donors (Lipinski definition) is 0. The van der Waals surface area contributed by atoms with Gasteiger partial charge in [-0.05, 0) is 26.0 Å². The molecule has 2 rings (SSSR count). The van der Waals surface area contributed by atoms with Gasteiger partial charge in [-0.15, -0.1) is 0 Å². The van der Waals surface area contributed by atoms with E-state index in [2.05, 4.69) is 18.7 Å². The summed E-state index contributed by atoms with van der Waals surface area (Å²) in [6.45, 7) is 6.94. The van der Waals surface area contributed by atoms with E-state index >= 15 is 0 Å². The Morgan fingerprint density at radius 3 is 2.44 bits per heavy atom. The molecule has 1 aromatic carbocycles. The van der Waals surface area contributed by atoms with E-state index < -0.39 is 10.8 Å². The first-order valence-corrected chi connectivity index (χ1v) is 7.78. The van der Waals surface area contributed by atoms with E-state index in [9.17, 15) is 4.21 Å². The van der Waals surface area contributed by atoms with Crippen molar-refractivity contribution in [1.29, 1.82) is 0 Å². The summed E-state index contributed by atoms with van der Waals surface area (Å²) in [5.41, 5.74) is 0. The fourth-order valence-corrected chi connectivity index (χ4v) is 3.49. The van der Waals surface area contributed by atoms with Gasteiger partial charge in [0.1, 0.15) is 0 Å². The molecule has 0 saturated carbocycles. The summed E-state index contributed by atoms with van der Waals surface area (Å²) in [4.78, 5) is 3.27. The summed E-state index contributed by atoms with van der Waals surface area (Å²) in [6, 6.07) is 9.69. The predicted molar refractivity (Wildman–Crippen MR) is 74.2 cm³/mol. The quantitative estimate of drug-likeness (QED) is 0.834. The zero-order valence-corrected chi connectivity index (χ0v) is 11.9. The Kier molecular flexibility index (Phi) is 4.92. The Morgan fingerprint density at radius 1 is 1.22 bits per heavy atom. The summed E-state index contributed by atoms with van der Waals surface area (Å²) in [5, 5.41) is 0. The maximum atomic E-state index is 12.1. The first kappa shape index (κ1) is 13.7. The summed E-state index contributed by atoms with van der Waals surface area (Å²) in [5.74, 6) is 0.698. The number of nitrogens with zero attached hydrogens (tertiary/aromatic N) is 1. The van der Waals surface area contributed by atoms with Crippen LogP contribution in [0.3, 0.4) is 0 Å². The van der Waals surface area contributed by atoms with Crippen LogP contribution in [0.2, 0.25) is 0 Å². The highest BCUT2D eigenvalue weighted by Crippen LogP contribution is 2.11. The van der Waals surface area contributed by atoms with Crippen molar-refractivity contribution in [2.75, 3.05) is 25.4 Å². The van der Waals surface area contributed by atoms with Crippen LogP contribution < -0.4 is 0 Å². The van der Waals surface area contributed by atoms with Gasteiger partial charge in [-0.3, -0.25) is 9.11 Å². The Hall–Kier alpha value is -0.710. The second-order valence-electron chi connectivity index (χ2n) is 4.88. The lowest BCUT2D eigenvalue weighted by atomic mass is 10.2. The van der Waals surface area contributed by atoms with Gasteiger partial charge in [-0.25, -0.2) is 0 Å². The Labute approximate surface area is 112 Å². The maximum absolute atomic E-state index is 12.1. The summed E-state index contributed by atoms with van der Waals surface area (Å²) in [6.07, 6.45) is 0.554. The zero-order valence-electron chi connectivity index (χ0n) is 11.0. The van der Waals surface area contributed by atoms with E-state index in [-0.39, 0.29) is 12.2 Å². The Balaban J connectivity index is 1.83. The number of hydrogen-bond acceptors (Lipinski definition) is 3. The van der Waals surface area contributed by atoms with Crippen molar-refractivity contribution in [2.24, 2.45) is 0 Å². The van der Waals surface area contributed by atoms with Crippen LogP contribution in [-0.2, 0) is 15.5 Å². The third-order valence-electron chi connectivity index (χ3n) is 3.09. The fourth-order valence-electron chi connectivity index (χ4n) is 2.37. The third-order valence-corrected chi connectivity index (χ3v) is 4.45. The standard InChI is InChI=1S/C14H21NO2S/c1-12-10-15(11-13(2)17-12)8-9-18(16)14-6-4-3-5-7-14/h3-7,12-13H,8-11H2,1-2H3/t12-,13+,18-/m1/s1. The second-order valence-corrected chi connectivity index (χ2v) is 6.45. The number of morpholine rings is 1. The number of ether oxygens (including phenoxy) is 1. The molecule has 0 unspecified atom stereocenters. The summed E-state index contributed by atoms with van der Waals surface area (Å²) >= 11 is 0. The van der Waals surface area contributed by atoms with E-state index in [4.69, 9.17) is 4.74 Å². The minimum atomic E-state index is -0.890. The lowest BCUT2D eigenvalue weighted by Gasteiger charge is -2.35. The molecule has 0 N–H and O–H groups in total. The van der Waals surface area contributed by atoms with Crippen LogP contribution in [0.4, 0.5) is 0 Å². The molecule has 18 heavy (non-hydrogen) atoms. The van der Waals surface area contributed by atoms with E-state index in [0.29, 0.717) is 5.75 Å². The first-order chi connectivity index (χ1) is 8.65. The smallest absolute Gasteiger partial charge is 0.0678 e. The molecule has 0 bridgehead atoms. The van der Waals surface area contributed by atoms with Crippen LogP contribution in [0.15, 0.2) is 35.2 Å². The van der Waals surface area contributed by atoms with Crippen molar-refractivity contribution in [1.82, 2.24) is 4.90 Å². The minimum absolute atomic E-state index is 0.277. The van der Waals surface area contributed by atoms with Gasteiger partial charge >= 0.3 is 0 Å². The molecule has 1 heterocycles. The predicted octanol–water partition coefficient (Wildman–Crippen LogP) is 1.90. The molecule has 0 spiro atoms. The molecular weight excluding hydrogens is 246 g/mol. The van der Waals surface area contributed by atoms with Crippen molar-refractivity contribution < 1.29 is 8.95 Å². The highest BCUT2D eigenvalue weighted by molar-refractivity contribution is 7.85. The molecule has 0 aromatic heterocycles. The van der Waals surface area contributed by atoms with Crippen LogP contribution in [-0.4, -0.2) is 46.7 Å². The Bertz CT molecular complexity index is 386.